The zero-order valence-corrected chi connectivity index (χ0v) is 8.05. The summed E-state index contributed by atoms with van der Waals surface area (Å²) in [6.07, 6.45) is 0.825. The van der Waals surface area contributed by atoms with E-state index in [1.807, 2.05) is 13.8 Å². The average Bonchev–Trinajstić information content (AvgIpc) is 1.99. The SMILES string of the molecule is CCC(C)N=C(C#N)C(=O)Br. The predicted octanol–water partition coefficient (Wildman–Crippen LogP) is 1.67. The van der Waals surface area contributed by atoms with Crippen molar-refractivity contribution < 1.29 is 4.79 Å². The lowest BCUT2D eigenvalue weighted by Crippen LogP contribution is -2.08. The molecule has 0 aliphatic rings. The quantitative estimate of drug-likeness (QED) is 0.533. The molecule has 1 unspecified atom stereocenters. The molecule has 3 nitrogen and oxygen atoms in total. The molecule has 4 heteroatoms. The topological polar surface area (TPSA) is 53.2 Å². The molecule has 0 fully saturated rings. The molecule has 1 atom stereocenters. The van der Waals surface area contributed by atoms with Gasteiger partial charge in [0, 0.05) is 22.0 Å². The molecule has 0 amide bonds. The standard InChI is InChI=1S/C7H9BrN2O/c1-3-5(2)10-6(4-9)7(8)11/h5H,3H2,1-2H3. The molecule has 0 saturated heterocycles. The maximum absolute atomic E-state index is 10.6. The number of aliphatic imine (C=N–C) groups is 1. The highest BCUT2D eigenvalue weighted by Crippen LogP contribution is 1.98. The van der Waals surface area contributed by atoms with Crippen molar-refractivity contribution in [2.24, 2.45) is 4.99 Å². The average molecular weight is 217 g/mol. The van der Waals surface area contributed by atoms with Crippen molar-refractivity contribution in [3.05, 3.63) is 0 Å². The minimum atomic E-state index is -0.444. The fraction of sp³-hybridized carbons (Fsp3) is 0.571. The highest BCUT2D eigenvalue weighted by Gasteiger charge is 2.06. The van der Waals surface area contributed by atoms with Crippen molar-refractivity contribution in [3.63, 3.8) is 0 Å². The number of halogens is 1. The first kappa shape index (κ1) is 10.3. The van der Waals surface area contributed by atoms with Gasteiger partial charge < -0.3 is 0 Å². The van der Waals surface area contributed by atoms with E-state index in [2.05, 4.69) is 20.9 Å². The largest absolute Gasteiger partial charge is 0.278 e. The summed E-state index contributed by atoms with van der Waals surface area (Å²) in [5, 5.41) is 8.41. The summed E-state index contributed by atoms with van der Waals surface area (Å²) in [4.78, 5) is 14.5. The van der Waals surface area contributed by atoms with E-state index in [1.165, 1.54) is 0 Å². The van der Waals surface area contributed by atoms with Gasteiger partial charge in [-0.05, 0) is 13.3 Å². The Labute approximate surface area is 74.2 Å². The molecular weight excluding hydrogens is 208 g/mol. The number of carbonyl (C=O) groups excluding carboxylic acids is 1. The van der Waals surface area contributed by atoms with Crippen molar-refractivity contribution in [3.8, 4) is 6.07 Å². The highest BCUT2D eigenvalue weighted by atomic mass is 79.9. The van der Waals surface area contributed by atoms with Crippen LogP contribution in [-0.4, -0.2) is 16.4 Å². The molecule has 0 aliphatic carbocycles. The van der Waals surface area contributed by atoms with E-state index >= 15 is 0 Å². The van der Waals surface area contributed by atoms with Crippen LogP contribution < -0.4 is 0 Å². The van der Waals surface area contributed by atoms with Gasteiger partial charge in [0.05, 0.1) is 0 Å². The lowest BCUT2D eigenvalue weighted by Gasteiger charge is -1.99. The van der Waals surface area contributed by atoms with Crippen LogP contribution >= 0.6 is 15.9 Å². The van der Waals surface area contributed by atoms with Gasteiger partial charge in [0.25, 0.3) is 4.69 Å². The third kappa shape index (κ3) is 3.89. The van der Waals surface area contributed by atoms with Gasteiger partial charge in [-0.2, -0.15) is 5.26 Å². The molecule has 0 aromatic rings. The molecule has 60 valence electrons. The second kappa shape index (κ2) is 5.03. The maximum atomic E-state index is 10.6. The molecule has 11 heavy (non-hydrogen) atoms. The van der Waals surface area contributed by atoms with E-state index in [-0.39, 0.29) is 11.8 Å². The van der Waals surface area contributed by atoms with E-state index in [4.69, 9.17) is 5.26 Å². The van der Waals surface area contributed by atoms with Crippen molar-refractivity contribution in [1.82, 2.24) is 0 Å². The van der Waals surface area contributed by atoms with E-state index < -0.39 is 4.69 Å². The molecule has 0 N–H and O–H groups in total. The van der Waals surface area contributed by atoms with Crippen LogP contribution in [0.1, 0.15) is 20.3 Å². The number of hydrogen-bond acceptors (Lipinski definition) is 3. The fourth-order valence-electron chi connectivity index (χ4n) is 0.435. The molecule has 0 rings (SSSR count). The lowest BCUT2D eigenvalue weighted by molar-refractivity contribution is -0.104. The first-order valence-electron chi connectivity index (χ1n) is 3.29. The number of hydrogen-bond donors (Lipinski definition) is 0. The second-order valence-electron chi connectivity index (χ2n) is 2.12. The Balaban J connectivity index is 4.39. The van der Waals surface area contributed by atoms with Gasteiger partial charge in [0.1, 0.15) is 6.07 Å². The van der Waals surface area contributed by atoms with E-state index in [1.54, 1.807) is 6.07 Å². The Morgan fingerprint density at radius 2 is 2.36 bits per heavy atom. The van der Waals surface area contributed by atoms with E-state index in [9.17, 15) is 4.79 Å². The van der Waals surface area contributed by atoms with Crippen molar-refractivity contribution in [2.45, 2.75) is 26.3 Å². The summed E-state index contributed by atoms with van der Waals surface area (Å²) in [5.74, 6) is 0. The second-order valence-corrected chi connectivity index (χ2v) is 2.84. The van der Waals surface area contributed by atoms with Crippen LogP contribution in [0.4, 0.5) is 0 Å². The first-order chi connectivity index (χ1) is 5.11. The minimum absolute atomic E-state index is 0.0335. The molecule has 0 aromatic heterocycles. The van der Waals surface area contributed by atoms with Crippen LogP contribution in [0.25, 0.3) is 0 Å². The summed E-state index contributed by atoms with van der Waals surface area (Å²) in [7, 11) is 0. The van der Waals surface area contributed by atoms with E-state index in [0.717, 1.165) is 6.42 Å². The monoisotopic (exact) mass is 216 g/mol. The molecule has 0 bridgehead atoms. The summed E-state index contributed by atoms with van der Waals surface area (Å²) < 4.78 is -0.444. The van der Waals surface area contributed by atoms with Crippen LogP contribution in [0.5, 0.6) is 0 Å². The lowest BCUT2D eigenvalue weighted by atomic mass is 10.3. The van der Waals surface area contributed by atoms with Crippen molar-refractivity contribution >= 4 is 26.3 Å². The Morgan fingerprint density at radius 3 is 2.64 bits per heavy atom. The van der Waals surface area contributed by atoms with Crippen molar-refractivity contribution in [1.29, 1.82) is 5.26 Å². The van der Waals surface area contributed by atoms with Crippen LogP contribution in [-0.2, 0) is 4.79 Å². The zero-order chi connectivity index (χ0) is 8.85. The Bertz CT molecular complexity index is 217. The Kier molecular flexibility index (Phi) is 4.71. The molecule has 0 aromatic carbocycles. The molecular formula is C7H9BrN2O. The van der Waals surface area contributed by atoms with Gasteiger partial charge in [-0.15, -0.1) is 0 Å². The fourth-order valence-corrected chi connectivity index (χ4v) is 0.626. The van der Waals surface area contributed by atoms with Crippen LogP contribution in [0.15, 0.2) is 4.99 Å². The normalized spacial score (nSPS) is 13.8. The van der Waals surface area contributed by atoms with Gasteiger partial charge in [-0.25, -0.2) is 0 Å². The van der Waals surface area contributed by atoms with Gasteiger partial charge in [0.15, 0.2) is 5.71 Å². The smallest absolute Gasteiger partial charge is 0.256 e. The number of nitriles is 1. The third-order valence-electron chi connectivity index (χ3n) is 1.23. The van der Waals surface area contributed by atoms with Gasteiger partial charge in [-0.1, -0.05) is 6.92 Å². The van der Waals surface area contributed by atoms with E-state index in [0.29, 0.717) is 0 Å². The molecule has 0 heterocycles. The van der Waals surface area contributed by atoms with Crippen LogP contribution in [0.2, 0.25) is 0 Å². The highest BCUT2D eigenvalue weighted by molar-refractivity contribution is 9.19. The first-order valence-corrected chi connectivity index (χ1v) is 4.08. The molecule has 0 saturated carbocycles. The van der Waals surface area contributed by atoms with Crippen molar-refractivity contribution in [2.75, 3.05) is 0 Å². The molecule has 0 spiro atoms. The van der Waals surface area contributed by atoms with Crippen LogP contribution in [0, 0.1) is 11.3 Å². The number of nitrogens with zero attached hydrogens (tertiary/aromatic N) is 2. The van der Waals surface area contributed by atoms with Gasteiger partial charge >= 0.3 is 0 Å². The molecule has 0 radical (unpaired) electrons. The molecule has 0 aliphatic heterocycles. The number of carbonyl (C=O) groups is 1. The number of rotatable bonds is 3. The summed E-state index contributed by atoms with van der Waals surface area (Å²) >= 11 is 2.67. The van der Waals surface area contributed by atoms with Gasteiger partial charge in [-0.3, -0.25) is 9.79 Å². The summed E-state index contributed by atoms with van der Waals surface area (Å²) in [6.45, 7) is 3.80. The Hall–Kier alpha value is -0.690. The summed E-state index contributed by atoms with van der Waals surface area (Å²) in [6, 6.07) is 1.75. The zero-order valence-electron chi connectivity index (χ0n) is 6.47. The maximum Gasteiger partial charge on any atom is 0.256 e. The predicted molar refractivity (Wildman–Crippen MR) is 46.7 cm³/mol. The Morgan fingerprint density at radius 1 is 1.82 bits per heavy atom. The van der Waals surface area contributed by atoms with Crippen LogP contribution in [0.3, 0.4) is 0 Å². The minimum Gasteiger partial charge on any atom is -0.278 e. The van der Waals surface area contributed by atoms with Gasteiger partial charge in [0.2, 0.25) is 0 Å². The summed E-state index contributed by atoms with van der Waals surface area (Å²) in [5.41, 5.74) is -0.0562. The third-order valence-corrected chi connectivity index (χ3v) is 1.61.